The molecule has 134 valence electrons. The van der Waals surface area contributed by atoms with Gasteiger partial charge in [-0.25, -0.2) is 0 Å². The predicted molar refractivity (Wildman–Crippen MR) is 103 cm³/mol. The van der Waals surface area contributed by atoms with Crippen molar-refractivity contribution in [3.63, 3.8) is 0 Å². The van der Waals surface area contributed by atoms with Gasteiger partial charge >= 0.3 is 0 Å². The number of hydrogen-bond donors (Lipinski definition) is 1. The van der Waals surface area contributed by atoms with Gasteiger partial charge in [-0.2, -0.15) is 0 Å². The Morgan fingerprint density at radius 1 is 0.792 bits per heavy atom. The molecule has 24 heavy (non-hydrogen) atoms. The molecule has 1 aliphatic carbocycles. The Balaban J connectivity index is 1.99. The van der Waals surface area contributed by atoms with E-state index in [-0.39, 0.29) is 5.91 Å². The first kappa shape index (κ1) is 19.0. The second-order valence-corrected chi connectivity index (χ2v) is 7.70. The average molecular weight is 330 g/mol. The third kappa shape index (κ3) is 5.96. The number of aryl methyl sites for hydroxylation is 3. The maximum Gasteiger partial charge on any atom is 0.252 e. The molecule has 0 aromatic heterocycles. The molecule has 1 amide bonds. The molecule has 1 aliphatic rings. The zero-order valence-corrected chi connectivity index (χ0v) is 15.9. The third-order valence-corrected chi connectivity index (χ3v) is 5.34. The van der Waals surface area contributed by atoms with Crippen LogP contribution in [0.4, 0.5) is 0 Å². The quantitative estimate of drug-likeness (QED) is 0.706. The smallest absolute Gasteiger partial charge is 0.252 e. The van der Waals surface area contributed by atoms with Crippen molar-refractivity contribution in [2.45, 2.75) is 97.4 Å². The van der Waals surface area contributed by atoms with Crippen LogP contribution in [0.2, 0.25) is 0 Å². The third-order valence-electron chi connectivity index (χ3n) is 5.34. The summed E-state index contributed by atoms with van der Waals surface area (Å²) in [5.41, 5.74) is 4.30. The molecule has 0 unspecified atom stereocenters. The van der Waals surface area contributed by atoms with Crippen LogP contribution in [0.15, 0.2) is 12.1 Å². The van der Waals surface area contributed by atoms with Gasteiger partial charge < -0.3 is 5.32 Å². The summed E-state index contributed by atoms with van der Waals surface area (Å²) in [6.45, 7) is 6.19. The first-order valence-electron chi connectivity index (χ1n) is 9.96. The van der Waals surface area contributed by atoms with E-state index in [2.05, 4.69) is 38.2 Å². The van der Waals surface area contributed by atoms with E-state index in [9.17, 15) is 4.79 Å². The monoisotopic (exact) mass is 329 g/mol. The van der Waals surface area contributed by atoms with Gasteiger partial charge in [0.05, 0.1) is 0 Å². The van der Waals surface area contributed by atoms with Gasteiger partial charge in [0.1, 0.15) is 0 Å². The number of carbonyl (C=O) groups is 1. The first-order valence-corrected chi connectivity index (χ1v) is 9.96. The van der Waals surface area contributed by atoms with Gasteiger partial charge in [-0.05, 0) is 44.7 Å². The summed E-state index contributed by atoms with van der Waals surface area (Å²) in [7, 11) is 0. The molecule has 1 aromatic carbocycles. The van der Waals surface area contributed by atoms with Crippen LogP contribution >= 0.6 is 0 Å². The normalized spacial score (nSPS) is 18.5. The van der Waals surface area contributed by atoms with Gasteiger partial charge in [0, 0.05) is 11.6 Å². The number of carbonyl (C=O) groups excluding carboxylic acids is 1. The molecule has 1 saturated carbocycles. The standard InChI is InChI=1S/C22H35NO/c1-17-15-18(2)21(19(3)16-17)22(24)23-20-13-11-9-7-5-4-6-8-10-12-14-20/h15-16,20H,4-14H2,1-3H3,(H,23,24). The van der Waals surface area contributed by atoms with E-state index >= 15 is 0 Å². The van der Waals surface area contributed by atoms with Crippen LogP contribution in [-0.4, -0.2) is 11.9 Å². The lowest BCUT2D eigenvalue weighted by atomic mass is 9.96. The summed E-state index contributed by atoms with van der Waals surface area (Å²) in [6.07, 6.45) is 14.3. The van der Waals surface area contributed by atoms with Crippen molar-refractivity contribution in [1.82, 2.24) is 5.32 Å². The summed E-state index contributed by atoms with van der Waals surface area (Å²) >= 11 is 0. The fourth-order valence-corrected chi connectivity index (χ4v) is 4.10. The lowest BCUT2D eigenvalue weighted by Crippen LogP contribution is -2.35. The summed E-state index contributed by atoms with van der Waals surface area (Å²) in [5, 5.41) is 3.35. The fraction of sp³-hybridized carbons (Fsp3) is 0.682. The SMILES string of the molecule is Cc1cc(C)c(C(=O)NC2CCCCCCCCCCC2)c(C)c1. The van der Waals surface area contributed by atoms with Gasteiger partial charge in [-0.3, -0.25) is 4.79 Å². The molecule has 0 bridgehead atoms. The maximum atomic E-state index is 12.8. The lowest BCUT2D eigenvalue weighted by molar-refractivity contribution is 0.0930. The Bertz CT molecular complexity index is 500. The van der Waals surface area contributed by atoms with Crippen LogP contribution in [0.3, 0.4) is 0 Å². The molecule has 0 atom stereocenters. The molecular weight excluding hydrogens is 294 g/mol. The van der Waals surface area contributed by atoms with Crippen molar-refractivity contribution in [3.8, 4) is 0 Å². The Morgan fingerprint density at radius 3 is 1.67 bits per heavy atom. The van der Waals surface area contributed by atoms with Crippen molar-refractivity contribution in [3.05, 3.63) is 34.4 Å². The van der Waals surface area contributed by atoms with Crippen molar-refractivity contribution in [2.24, 2.45) is 0 Å². The second-order valence-electron chi connectivity index (χ2n) is 7.70. The largest absolute Gasteiger partial charge is 0.349 e. The van der Waals surface area contributed by atoms with Gasteiger partial charge in [-0.15, -0.1) is 0 Å². The Morgan fingerprint density at radius 2 is 1.21 bits per heavy atom. The van der Waals surface area contributed by atoms with Crippen LogP contribution in [-0.2, 0) is 0 Å². The topological polar surface area (TPSA) is 29.1 Å². The van der Waals surface area contributed by atoms with Crippen LogP contribution in [0.25, 0.3) is 0 Å². The molecular formula is C22H35NO. The highest BCUT2D eigenvalue weighted by Crippen LogP contribution is 2.19. The van der Waals surface area contributed by atoms with Crippen LogP contribution < -0.4 is 5.32 Å². The molecule has 2 heteroatoms. The molecule has 0 saturated heterocycles. The molecule has 0 aliphatic heterocycles. The summed E-state index contributed by atoms with van der Waals surface area (Å²) in [4.78, 5) is 12.8. The molecule has 1 fully saturated rings. The van der Waals surface area contributed by atoms with Crippen molar-refractivity contribution >= 4 is 5.91 Å². The second kappa shape index (κ2) is 9.86. The predicted octanol–water partition coefficient (Wildman–Crippen LogP) is 6.01. The minimum absolute atomic E-state index is 0.127. The number of rotatable bonds is 2. The zero-order chi connectivity index (χ0) is 17.4. The van der Waals surface area contributed by atoms with Crippen LogP contribution in [0, 0.1) is 20.8 Å². The fourth-order valence-electron chi connectivity index (χ4n) is 4.10. The minimum Gasteiger partial charge on any atom is -0.349 e. The molecule has 1 aromatic rings. The Kier molecular flexibility index (Phi) is 7.81. The van der Waals surface area contributed by atoms with E-state index in [0.29, 0.717) is 6.04 Å². The van der Waals surface area contributed by atoms with E-state index in [4.69, 9.17) is 0 Å². The summed E-state index contributed by atoms with van der Waals surface area (Å²) < 4.78 is 0. The number of nitrogens with one attached hydrogen (secondary N) is 1. The molecule has 0 heterocycles. The van der Waals surface area contributed by atoms with Crippen LogP contribution in [0.5, 0.6) is 0 Å². The molecule has 0 spiro atoms. The van der Waals surface area contributed by atoms with E-state index in [1.54, 1.807) is 0 Å². The molecule has 2 rings (SSSR count). The summed E-state index contributed by atoms with van der Waals surface area (Å²) in [5.74, 6) is 0.127. The van der Waals surface area contributed by atoms with Gasteiger partial charge in [-0.1, -0.05) is 75.5 Å². The zero-order valence-electron chi connectivity index (χ0n) is 15.9. The average Bonchev–Trinajstić information content (AvgIpc) is 2.49. The maximum absolute atomic E-state index is 12.8. The highest BCUT2D eigenvalue weighted by molar-refractivity contribution is 5.97. The van der Waals surface area contributed by atoms with Crippen LogP contribution in [0.1, 0.15) is 97.7 Å². The van der Waals surface area contributed by atoms with Gasteiger partial charge in [0.2, 0.25) is 0 Å². The molecule has 0 radical (unpaired) electrons. The first-order chi connectivity index (χ1) is 11.6. The highest BCUT2D eigenvalue weighted by atomic mass is 16.1. The van der Waals surface area contributed by atoms with Gasteiger partial charge in [0.15, 0.2) is 0 Å². The highest BCUT2D eigenvalue weighted by Gasteiger charge is 2.17. The minimum atomic E-state index is 0.127. The van der Waals surface area contributed by atoms with E-state index in [1.165, 1.54) is 63.4 Å². The lowest BCUT2D eigenvalue weighted by Gasteiger charge is -2.21. The number of benzene rings is 1. The van der Waals surface area contributed by atoms with Gasteiger partial charge in [0.25, 0.3) is 5.91 Å². The summed E-state index contributed by atoms with van der Waals surface area (Å²) in [6, 6.07) is 4.57. The molecule has 1 N–H and O–H groups in total. The molecule has 2 nitrogen and oxygen atoms in total. The van der Waals surface area contributed by atoms with Crippen molar-refractivity contribution in [2.75, 3.05) is 0 Å². The van der Waals surface area contributed by atoms with E-state index in [0.717, 1.165) is 29.5 Å². The number of hydrogen-bond acceptors (Lipinski definition) is 1. The van der Waals surface area contributed by atoms with Crippen molar-refractivity contribution in [1.29, 1.82) is 0 Å². The number of amides is 1. The Hall–Kier alpha value is -1.31. The Labute approximate surface area is 148 Å². The van der Waals surface area contributed by atoms with Crippen molar-refractivity contribution < 1.29 is 4.79 Å². The van der Waals surface area contributed by atoms with E-state index < -0.39 is 0 Å². The van der Waals surface area contributed by atoms with E-state index in [1.807, 2.05) is 0 Å².